The van der Waals surface area contributed by atoms with Crippen molar-refractivity contribution in [3.63, 3.8) is 0 Å². The average molecular weight is 301 g/mol. The largest absolute Gasteiger partial charge is 0.482 e. The van der Waals surface area contributed by atoms with Crippen LogP contribution in [0.3, 0.4) is 0 Å². The number of carbonyl (C=O) groups is 1. The Bertz CT molecular complexity index is 739. The molecule has 0 aliphatic carbocycles. The predicted octanol–water partition coefficient (Wildman–Crippen LogP) is 2.23. The lowest BCUT2D eigenvalue weighted by Gasteiger charge is -2.05. The number of halogens is 1. The van der Waals surface area contributed by atoms with Crippen LogP contribution in [-0.4, -0.2) is 26.1 Å². The standard InChI is InChI=1S/C12H9ClO5S/c13-19(16,17)11-4-2-8-5-10(18-7-12(14)15)3-1-9(8)6-11/h1-6H,7H2,(H,14,15). The van der Waals surface area contributed by atoms with Crippen molar-refractivity contribution in [3.05, 3.63) is 36.4 Å². The molecule has 2 aromatic rings. The topological polar surface area (TPSA) is 80.7 Å². The van der Waals surface area contributed by atoms with E-state index in [0.29, 0.717) is 11.1 Å². The third kappa shape index (κ3) is 3.36. The van der Waals surface area contributed by atoms with Crippen LogP contribution in [0.25, 0.3) is 10.8 Å². The fraction of sp³-hybridized carbons (Fsp3) is 0.0833. The third-order valence-electron chi connectivity index (χ3n) is 2.43. The van der Waals surface area contributed by atoms with Crippen LogP contribution in [0, 0.1) is 0 Å². The molecule has 0 bridgehead atoms. The lowest BCUT2D eigenvalue weighted by molar-refractivity contribution is -0.139. The Labute approximate surface area is 113 Å². The first-order chi connectivity index (χ1) is 8.86. The highest BCUT2D eigenvalue weighted by Gasteiger charge is 2.10. The quantitative estimate of drug-likeness (QED) is 0.876. The average Bonchev–Trinajstić information content (AvgIpc) is 2.34. The summed E-state index contributed by atoms with van der Waals surface area (Å²) in [7, 11) is 1.49. The van der Waals surface area contributed by atoms with Gasteiger partial charge in [-0.25, -0.2) is 13.2 Å². The number of carboxylic acid groups (broad SMARTS) is 1. The van der Waals surface area contributed by atoms with Crippen LogP contribution in [-0.2, 0) is 13.8 Å². The lowest BCUT2D eigenvalue weighted by Crippen LogP contribution is -2.09. The van der Waals surface area contributed by atoms with Gasteiger partial charge in [0, 0.05) is 10.7 Å². The Balaban J connectivity index is 2.38. The number of ether oxygens (including phenoxy) is 1. The summed E-state index contributed by atoms with van der Waals surface area (Å²) in [6.07, 6.45) is 0. The maximum absolute atomic E-state index is 11.2. The highest BCUT2D eigenvalue weighted by Crippen LogP contribution is 2.25. The van der Waals surface area contributed by atoms with Gasteiger partial charge in [-0.3, -0.25) is 0 Å². The zero-order valence-electron chi connectivity index (χ0n) is 9.54. The molecule has 0 unspecified atom stereocenters. The van der Waals surface area contributed by atoms with E-state index in [-0.39, 0.29) is 4.90 Å². The molecule has 7 heteroatoms. The van der Waals surface area contributed by atoms with Gasteiger partial charge in [-0.15, -0.1) is 0 Å². The number of carboxylic acids is 1. The van der Waals surface area contributed by atoms with Crippen molar-refractivity contribution in [2.45, 2.75) is 4.90 Å². The monoisotopic (exact) mass is 300 g/mol. The van der Waals surface area contributed by atoms with Gasteiger partial charge >= 0.3 is 5.97 Å². The second-order valence-electron chi connectivity index (χ2n) is 3.79. The molecule has 0 saturated carbocycles. The van der Waals surface area contributed by atoms with E-state index in [4.69, 9.17) is 20.5 Å². The summed E-state index contributed by atoms with van der Waals surface area (Å²) in [6.45, 7) is -0.431. The Morgan fingerprint density at radius 3 is 2.42 bits per heavy atom. The number of fused-ring (bicyclic) bond motifs is 1. The molecule has 0 spiro atoms. The SMILES string of the molecule is O=C(O)COc1ccc2cc(S(=O)(=O)Cl)ccc2c1. The number of hydrogen-bond donors (Lipinski definition) is 1. The van der Waals surface area contributed by atoms with Gasteiger partial charge in [0.15, 0.2) is 6.61 Å². The molecule has 2 rings (SSSR count). The number of rotatable bonds is 4. The first-order valence-electron chi connectivity index (χ1n) is 5.19. The Morgan fingerprint density at radius 1 is 1.16 bits per heavy atom. The van der Waals surface area contributed by atoms with Crippen molar-refractivity contribution < 1.29 is 23.1 Å². The highest BCUT2D eigenvalue weighted by molar-refractivity contribution is 8.13. The molecule has 0 fully saturated rings. The molecule has 0 aliphatic rings. The summed E-state index contributed by atoms with van der Waals surface area (Å²) >= 11 is 0. The Hall–Kier alpha value is -1.79. The van der Waals surface area contributed by atoms with E-state index in [2.05, 4.69) is 0 Å². The van der Waals surface area contributed by atoms with Crippen LogP contribution in [0.2, 0.25) is 0 Å². The van der Waals surface area contributed by atoms with E-state index in [9.17, 15) is 13.2 Å². The van der Waals surface area contributed by atoms with E-state index >= 15 is 0 Å². The van der Waals surface area contributed by atoms with E-state index in [0.717, 1.165) is 5.39 Å². The van der Waals surface area contributed by atoms with Crippen LogP contribution >= 0.6 is 10.7 Å². The molecule has 2 aromatic carbocycles. The van der Waals surface area contributed by atoms with E-state index in [1.165, 1.54) is 12.1 Å². The molecule has 5 nitrogen and oxygen atoms in total. The molecule has 0 heterocycles. The van der Waals surface area contributed by atoms with Crippen molar-refractivity contribution in [3.8, 4) is 5.75 Å². The van der Waals surface area contributed by atoms with Gasteiger partial charge in [-0.05, 0) is 35.0 Å². The van der Waals surface area contributed by atoms with Gasteiger partial charge in [0.05, 0.1) is 4.90 Å². The second-order valence-corrected chi connectivity index (χ2v) is 6.36. The summed E-state index contributed by atoms with van der Waals surface area (Å²) in [5.41, 5.74) is 0. The van der Waals surface area contributed by atoms with Crippen LogP contribution in [0.15, 0.2) is 41.3 Å². The second kappa shape index (κ2) is 5.07. The summed E-state index contributed by atoms with van der Waals surface area (Å²) in [4.78, 5) is 10.4. The van der Waals surface area contributed by atoms with E-state index < -0.39 is 21.6 Å². The molecule has 0 aromatic heterocycles. The molecule has 0 radical (unpaired) electrons. The summed E-state index contributed by atoms with van der Waals surface area (Å²) < 4.78 is 27.4. The fourth-order valence-corrected chi connectivity index (χ4v) is 2.37. The molecule has 100 valence electrons. The van der Waals surface area contributed by atoms with Crippen molar-refractivity contribution in [2.24, 2.45) is 0 Å². The summed E-state index contributed by atoms with van der Waals surface area (Å²) in [5, 5.41) is 9.91. The molecule has 0 atom stereocenters. The first kappa shape index (κ1) is 13.6. The molecular weight excluding hydrogens is 292 g/mol. The van der Waals surface area contributed by atoms with Crippen LogP contribution < -0.4 is 4.74 Å². The van der Waals surface area contributed by atoms with Gasteiger partial charge in [0.2, 0.25) is 0 Å². The van der Waals surface area contributed by atoms with Gasteiger partial charge in [-0.1, -0.05) is 12.1 Å². The highest BCUT2D eigenvalue weighted by atomic mass is 35.7. The molecule has 0 aliphatic heterocycles. The molecule has 1 N–H and O–H groups in total. The van der Waals surface area contributed by atoms with Crippen molar-refractivity contribution in [2.75, 3.05) is 6.61 Å². The van der Waals surface area contributed by atoms with Crippen molar-refractivity contribution >= 4 is 36.5 Å². The van der Waals surface area contributed by atoms with Gasteiger partial charge in [0.25, 0.3) is 9.05 Å². The lowest BCUT2D eigenvalue weighted by atomic mass is 10.1. The third-order valence-corrected chi connectivity index (χ3v) is 3.78. The van der Waals surface area contributed by atoms with Gasteiger partial charge < -0.3 is 9.84 Å². The fourth-order valence-electron chi connectivity index (χ4n) is 1.59. The van der Waals surface area contributed by atoms with Crippen LogP contribution in [0.1, 0.15) is 0 Å². The minimum Gasteiger partial charge on any atom is -0.482 e. The Kier molecular flexibility index (Phi) is 3.64. The minimum absolute atomic E-state index is 0.0147. The minimum atomic E-state index is -3.76. The van der Waals surface area contributed by atoms with Gasteiger partial charge in [0.1, 0.15) is 5.75 Å². The molecule has 19 heavy (non-hydrogen) atoms. The van der Waals surface area contributed by atoms with E-state index in [1.54, 1.807) is 24.3 Å². The molecular formula is C12H9ClO5S. The number of aliphatic carboxylic acids is 1. The first-order valence-corrected chi connectivity index (χ1v) is 7.50. The van der Waals surface area contributed by atoms with Crippen LogP contribution in [0.4, 0.5) is 0 Å². The normalized spacial score (nSPS) is 11.4. The molecule has 0 amide bonds. The smallest absolute Gasteiger partial charge is 0.341 e. The van der Waals surface area contributed by atoms with E-state index in [1.807, 2.05) is 0 Å². The number of hydrogen-bond acceptors (Lipinski definition) is 4. The number of benzene rings is 2. The van der Waals surface area contributed by atoms with Crippen LogP contribution in [0.5, 0.6) is 5.75 Å². The Morgan fingerprint density at radius 2 is 1.79 bits per heavy atom. The zero-order valence-corrected chi connectivity index (χ0v) is 11.1. The summed E-state index contributed by atoms with van der Waals surface area (Å²) in [6, 6.07) is 9.24. The maximum atomic E-state index is 11.2. The maximum Gasteiger partial charge on any atom is 0.341 e. The summed E-state index contributed by atoms with van der Waals surface area (Å²) in [5.74, 6) is -0.667. The molecule has 0 saturated heterocycles. The van der Waals surface area contributed by atoms with Gasteiger partial charge in [-0.2, -0.15) is 0 Å². The zero-order chi connectivity index (χ0) is 14.0. The van der Waals surface area contributed by atoms with Crippen molar-refractivity contribution in [1.82, 2.24) is 0 Å². The van der Waals surface area contributed by atoms with Crippen molar-refractivity contribution in [1.29, 1.82) is 0 Å². The predicted molar refractivity (Wildman–Crippen MR) is 70.1 cm³/mol.